The van der Waals surface area contributed by atoms with E-state index in [-0.39, 0.29) is 11.6 Å². The fourth-order valence-electron chi connectivity index (χ4n) is 6.21. The molecule has 2 aromatic rings. The van der Waals surface area contributed by atoms with Crippen LogP contribution in [0, 0.1) is 23.7 Å². The molecule has 6 rings (SSSR count). The minimum atomic E-state index is -0.0476. The maximum Gasteiger partial charge on any atom is 0.328 e. The number of amides is 1. The molecule has 4 fully saturated rings. The Balaban J connectivity index is 1.27. The second-order valence-corrected chi connectivity index (χ2v) is 8.76. The number of benzene rings is 1. The molecule has 0 atom stereocenters. The van der Waals surface area contributed by atoms with E-state index in [1.807, 2.05) is 24.3 Å². The van der Waals surface area contributed by atoms with Gasteiger partial charge in [0.05, 0.1) is 11.0 Å². The van der Waals surface area contributed by atoms with Crippen LogP contribution in [-0.2, 0) is 18.4 Å². The van der Waals surface area contributed by atoms with Crippen LogP contribution in [0.15, 0.2) is 29.1 Å². The van der Waals surface area contributed by atoms with Gasteiger partial charge in [-0.25, -0.2) is 4.79 Å². The highest BCUT2D eigenvalue weighted by atomic mass is 16.2. The zero-order valence-corrected chi connectivity index (χ0v) is 15.4. The van der Waals surface area contributed by atoms with E-state index >= 15 is 0 Å². The molecule has 1 heterocycles. The lowest BCUT2D eigenvalue weighted by Crippen LogP contribution is -2.55. The molecule has 1 amide bonds. The average Bonchev–Trinajstić information content (AvgIpc) is 2.87. The maximum atomic E-state index is 12.6. The fraction of sp³-hybridized carbons (Fsp3) is 0.619. The van der Waals surface area contributed by atoms with Crippen molar-refractivity contribution in [1.29, 1.82) is 0 Å². The molecule has 4 aliphatic rings. The first-order valence-electron chi connectivity index (χ1n) is 10.0. The number of hydrogen-bond donors (Lipinski definition) is 1. The molecule has 5 heteroatoms. The Hall–Kier alpha value is -2.04. The lowest BCUT2D eigenvalue weighted by atomic mass is 9.54. The van der Waals surface area contributed by atoms with E-state index in [1.165, 1.54) is 32.1 Å². The van der Waals surface area contributed by atoms with Crippen molar-refractivity contribution >= 4 is 16.9 Å². The SMILES string of the molecule is Cn1c(=O)n(CCC(=O)NC2C3CC4CC(C3)CC2C4)c2ccccc21. The van der Waals surface area contributed by atoms with E-state index in [9.17, 15) is 9.59 Å². The molecule has 5 nitrogen and oxygen atoms in total. The van der Waals surface area contributed by atoms with Crippen molar-refractivity contribution in [2.24, 2.45) is 30.7 Å². The van der Waals surface area contributed by atoms with E-state index < -0.39 is 0 Å². The zero-order valence-electron chi connectivity index (χ0n) is 15.4. The molecule has 0 unspecified atom stereocenters. The van der Waals surface area contributed by atoms with Gasteiger partial charge in [0.25, 0.3) is 0 Å². The number of fused-ring (bicyclic) bond motifs is 1. The molecule has 0 radical (unpaired) electrons. The Morgan fingerprint density at radius 3 is 2.31 bits per heavy atom. The predicted molar refractivity (Wildman–Crippen MR) is 101 cm³/mol. The van der Waals surface area contributed by atoms with E-state index in [0.717, 1.165) is 22.9 Å². The van der Waals surface area contributed by atoms with Gasteiger partial charge >= 0.3 is 5.69 Å². The highest BCUT2D eigenvalue weighted by Crippen LogP contribution is 2.53. The van der Waals surface area contributed by atoms with E-state index in [1.54, 1.807) is 16.2 Å². The predicted octanol–water partition coefficient (Wildman–Crippen LogP) is 2.67. The number of aryl methyl sites for hydroxylation is 2. The monoisotopic (exact) mass is 353 g/mol. The zero-order chi connectivity index (χ0) is 17.8. The van der Waals surface area contributed by atoms with Crippen LogP contribution in [0.2, 0.25) is 0 Å². The van der Waals surface area contributed by atoms with E-state index in [0.29, 0.717) is 30.8 Å². The summed E-state index contributed by atoms with van der Waals surface area (Å²) in [4.78, 5) is 25.1. The lowest BCUT2D eigenvalue weighted by molar-refractivity contribution is -0.125. The summed E-state index contributed by atoms with van der Waals surface area (Å²) in [7, 11) is 1.79. The summed E-state index contributed by atoms with van der Waals surface area (Å²) in [5.74, 6) is 3.31. The third kappa shape index (κ3) is 2.51. The Bertz CT molecular complexity index is 882. The van der Waals surface area contributed by atoms with Gasteiger partial charge in [-0.2, -0.15) is 0 Å². The highest BCUT2D eigenvalue weighted by Gasteiger charge is 2.48. The first kappa shape index (κ1) is 16.2. The summed E-state index contributed by atoms with van der Waals surface area (Å²) >= 11 is 0. The van der Waals surface area contributed by atoms with Crippen molar-refractivity contribution in [3.63, 3.8) is 0 Å². The van der Waals surface area contributed by atoms with Gasteiger partial charge in [0.1, 0.15) is 0 Å². The maximum absolute atomic E-state index is 12.6. The minimum absolute atomic E-state index is 0.0476. The van der Waals surface area contributed by atoms with Crippen LogP contribution >= 0.6 is 0 Å². The molecule has 26 heavy (non-hydrogen) atoms. The fourth-order valence-corrected chi connectivity index (χ4v) is 6.21. The molecule has 138 valence electrons. The quantitative estimate of drug-likeness (QED) is 0.919. The van der Waals surface area contributed by atoms with Crippen molar-refractivity contribution < 1.29 is 4.79 Å². The van der Waals surface area contributed by atoms with Crippen LogP contribution in [0.3, 0.4) is 0 Å². The second kappa shape index (κ2) is 6.00. The summed E-state index contributed by atoms with van der Waals surface area (Å²) in [6, 6.07) is 8.14. The van der Waals surface area contributed by atoms with Gasteiger partial charge in [-0.1, -0.05) is 12.1 Å². The first-order chi connectivity index (χ1) is 12.6. The van der Waals surface area contributed by atoms with Gasteiger partial charge in [0.2, 0.25) is 5.91 Å². The van der Waals surface area contributed by atoms with Gasteiger partial charge in [-0.3, -0.25) is 13.9 Å². The van der Waals surface area contributed by atoms with Gasteiger partial charge in [0, 0.05) is 26.1 Å². The van der Waals surface area contributed by atoms with Crippen LogP contribution < -0.4 is 11.0 Å². The number of rotatable bonds is 4. The average molecular weight is 353 g/mol. The smallest absolute Gasteiger partial charge is 0.328 e. The molecule has 1 aromatic carbocycles. The molecule has 0 saturated heterocycles. The summed E-state index contributed by atoms with van der Waals surface area (Å²) < 4.78 is 3.39. The van der Waals surface area contributed by atoms with Gasteiger partial charge in [-0.05, 0) is 67.9 Å². The van der Waals surface area contributed by atoms with E-state index in [2.05, 4.69) is 5.32 Å². The van der Waals surface area contributed by atoms with Crippen molar-refractivity contribution in [3.8, 4) is 0 Å². The Labute approximate surface area is 153 Å². The largest absolute Gasteiger partial charge is 0.353 e. The van der Waals surface area contributed by atoms with Crippen LogP contribution in [0.5, 0.6) is 0 Å². The third-order valence-electron chi connectivity index (χ3n) is 7.17. The Morgan fingerprint density at radius 1 is 1.04 bits per heavy atom. The van der Waals surface area contributed by atoms with Crippen molar-refractivity contribution in [3.05, 3.63) is 34.7 Å². The molecule has 1 N–H and O–H groups in total. The number of imidazole rings is 1. The molecule has 1 aromatic heterocycles. The van der Waals surface area contributed by atoms with Crippen molar-refractivity contribution in [1.82, 2.24) is 14.5 Å². The van der Waals surface area contributed by atoms with Gasteiger partial charge < -0.3 is 5.32 Å². The highest BCUT2D eigenvalue weighted by molar-refractivity contribution is 5.78. The number of hydrogen-bond acceptors (Lipinski definition) is 2. The summed E-state index contributed by atoms with van der Waals surface area (Å²) in [5, 5.41) is 3.35. The van der Waals surface area contributed by atoms with E-state index in [4.69, 9.17) is 0 Å². The first-order valence-corrected chi connectivity index (χ1v) is 10.0. The minimum Gasteiger partial charge on any atom is -0.353 e. The number of nitrogens with zero attached hydrogens (tertiary/aromatic N) is 2. The second-order valence-electron chi connectivity index (χ2n) is 8.76. The van der Waals surface area contributed by atoms with Gasteiger partial charge in [0.15, 0.2) is 0 Å². The topological polar surface area (TPSA) is 56.0 Å². The Morgan fingerprint density at radius 2 is 1.65 bits per heavy atom. The summed E-state index contributed by atoms with van der Waals surface area (Å²) in [5.41, 5.74) is 1.77. The molecule has 4 saturated carbocycles. The summed E-state index contributed by atoms with van der Waals surface area (Å²) in [6.45, 7) is 0.444. The number of carbonyl (C=O) groups excluding carboxylic acids is 1. The van der Waals surface area contributed by atoms with Crippen molar-refractivity contribution in [2.75, 3.05) is 0 Å². The van der Waals surface area contributed by atoms with Crippen molar-refractivity contribution in [2.45, 2.75) is 51.1 Å². The third-order valence-corrected chi connectivity index (χ3v) is 7.17. The molecular weight excluding hydrogens is 326 g/mol. The standard InChI is InChI=1S/C21H27N3O2/c1-23-17-4-2-3-5-18(17)24(21(23)26)7-6-19(25)22-20-15-9-13-8-14(11-15)12-16(20)10-13/h2-5,13-16,20H,6-12H2,1H3,(H,22,25). The normalized spacial score (nSPS) is 32.3. The molecule has 0 spiro atoms. The lowest BCUT2D eigenvalue weighted by Gasteiger charge is -2.54. The van der Waals surface area contributed by atoms with Crippen LogP contribution in [-0.4, -0.2) is 21.1 Å². The van der Waals surface area contributed by atoms with Crippen LogP contribution in [0.4, 0.5) is 0 Å². The number of para-hydroxylation sites is 2. The molecule has 0 aliphatic heterocycles. The van der Waals surface area contributed by atoms with Crippen LogP contribution in [0.25, 0.3) is 11.0 Å². The number of nitrogens with one attached hydrogen (secondary N) is 1. The number of carbonyl (C=O) groups is 1. The molecular formula is C21H27N3O2. The number of aromatic nitrogens is 2. The van der Waals surface area contributed by atoms with Crippen LogP contribution in [0.1, 0.15) is 38.5 Å². The Kier molecular flexibility index (Phi) is 3.73. The molecule has 4 aliphatic carbocycles. The van der Waals surface area contributed by atoms with Gasteiger partial charge in [-0.15, -0.1) is 0 Å². The summed E-state index contributed by atoms with van der Waals surface area (Å²) in [6.07, 6.45) is 7.03. The molecule has 4 bridgehead atoms.